The van der Waals surface area contributed by atoms with E-state index in [0.717, 1.165) is 30.5 Å². The zero-order valence-electron chi connectivity index (χ0n) is 19.5. The van der Waals surface area contributed by atoms with Crippen molar-refractivity contribution in [1.29, 1.82) is 0 Å². The minimum Gasteiger partial charge on any atom is -0.618 e. The van der Waals surface area contributed by atoms with Gasteiger partial charge >= 0.3 is 0 Å². The minimum absolute atomic E-state index is 0.0135. The molecule has 5 rings (SSSR count). The fraction of sp³-hybridized carbons (Fsp3) is 0.167. The second-order valence-corrected chi connectivity index (χ2v) is 11.7. The van der Waals surface area contributed by atoms with Crippen LogP contribution in [0.1, 0.15) is 5.56 Å². The third-order valence-electron chi connectivity index (χ3n) is 5.83. The molecular formula is C24H15Br4F2N5O4. The second kappa shape index (κ2) is 11.6. The fourth-order valence-electron chi connectivity index (χ4n) is 4.08. The lowest BCUT2D eigenvalue weighted by molar-refractivity contribution is -0.373. The van der Waals surface area contributed by atoms with Gasteiger partial charge in [-0.1, -0.05) is 0 Å². The molecule has 0 unspecified atom stereocenters. The molecule has 0 spiro atoms. The van der Waals surface area contributed by atoms with E-state index in [-0.39, 0.29) is 35.0 Å². The fourth-order valence-corrected chi connectivity index (χ4v) is 7.01. The van der Waals surface area contributed by atoms with Gasteiger partial charge in [-0.05, 0) is 110 Å². The van der Waals surface area contributed by atoms with E-state index in [2.05, 4.69) is 74.0 Å². The number of hydrogen-bond donors (Lipinski definition) is 0. The topological polar surface area (TPSA) is 104 Å². The highest BCUT2D eigenvalue weighted by Crippen LogP contribution is 2.36. The minimum atomic E-state index is -0.578. The highest BCUT2D eigenvalue weighted by atomic mass is 79.9. The van der Waals surface area contributed by atoms with Gasteiger partial charge in [0.05, 0.1) is 42.4 Å². The molecule has 1 saturated heterocycles. The van der Waals surface area contributed by atoms with Crippen LogP contribution in [0.3, 0.4) is 0 Å². The molecule has 1 aliphatic rings. The maximum absolute atomic E-state index is 14.0. The van der Waals surface area contributed by atoms with Crippen molar-refractivity contribution in [2.45, 2.75) is 0 Å². The van der Waals surface area contributed by atoms with E-state index in [4.69, 9.17) is 9.37 Å². The van der Waals surface area contributed by atoms with Gasteiger partial charge in [0.1, 0.15) is 17.2 Å². The van der Waals surface area contributed by atoms with Crippen molar-refractivity contribution >= 4 is 104 Å². The van der Waals surface area contributed by atoms with Crippen LogP contribution in [0, 0.1) is 22.0 Å². The molecule has 0 saturated carbocycles. The molecule has 0 amide bonds. The smallest absolute Gasteiger partial charge is 0.289 e. The Morgan fingerprint density at radius 3 is 2.00 bits per heavy atom. The highest BCUT2D eigenvalue weighted by Gasteiger charge is 2.28. The summed E-state index contributed by atoms with van der Waals surface area (Å²) < 4.78 is 39.9. The average Bonchev–Trinajstić information content (AvgIpc) is 3.35. The molecule has 2 heterocycles. The van der Waals surface area contributed by atoms with Crippen molar-refractivity contribution in [3.8, 4) is 0 Å². The van der Waals surface area contributed by atoms with Crippen LogP contribution in [0.2, 0.25) is 0 Å². The molecule has 0 atom stereocenters. The number of hydrogen-bond acceptors (Lipinski definition) is 7. The van der Waals surface area contributed by atoms with Gasteiger partial charge < -0.3 is 20.1 Å². The standard InChI is InChI=1S/C24H15Br4F2N5O4/c25-15-7-13(29)8-16(26)23(15)34(36)11-21(35(37)24-17(27)9-14(30)10-18(24)28)12-5-19-22(32-39-31-19)20(6-12)33-1-3-38-4-2-33/h5-11H,1-4H2/b34-11-,35-21-. The molecular weight excluding hydrogens is 780 g/mol. The number of rotatable bonds is 5. The van der Waals surface area contributed by atoms with Gasteiger partial charge in [-0.25, -0.2) is 13.4 Å². The molecule has 9 nitrogen and oxygen atoms in total. The summed E-state index contributed by atoms with van der Waals surface area (Å²) in [6.07, 6.45) is 1.05. The summed E-state index contributed by atoms with van der Waals surface area (Å²) in [5.41, 5.74) is 1.67. The Hall–Kier alpha value is -2.46. The van der Waals surface area contributed by atoms with Gasteiger partial charge in [0.15, 0.2) is 5.52 Å². The Labute approximate surface area is 253 Å². The summed E-state index contributed by atoms with van der Waals surface area (Å²) in [6, 6.07) is 7.78. The molecule has 0 N–H and O–H groups in total. The number of fused-ring (bicyclic) bond motifs is 1. The molecule has 202 valence electrons. The van der Waals surface area contributed by atoms with Crippen molar-refractivity contribution in [2.24, 2.45) is 0 Å². The van der Waals surface area contributed by atoms with Gasteiger partial charge in [-0.3, -0.25) is 0 Å². The van der Waals surface area contributed by atoms with E-state index in [1.54, 1.807) is 12.1 Å². The van der Waals surface area contributed by atoms with Crippen molar-refractivity contribution in [2.75, 3.05) is 31.2 Å². The highest BCUT2D eigenvalue weighted by molar-refractivity contribution is 9.11. The Kier molecular flexibility index (Phi) is 8.33. The molecule has 1 fully saturated rings. The quantitative estimate of drug-likeness (QED) is 0.0935. The van der Waals surface area contributed by atoms with Crippen molar-refractivity contribution in [1.82, 2.24) is 10.3 Å². The maximum Gasteiger partial charge on any atom is 0.289 e. The van der Waals surface area contributed by atoms with Gasteiger partial charge in [-0.2, -0.15) is 9.48 Å². The lowest BCUT2D eigenvalue weighted by atomic mass is 10.1. The Morgan fingerprint density at radius 1 is 0.846 bits per heavy atom. The number of anilines is 1. The van der Waals surface area contributed by atoms with Crippen LogP contribution < -0.4 is 4.90 Å². The van der Waals surface area contributed by atoms with Crippen LogP contribution in [-0.2, 0) is 4.74 Å². The predicted octanol–water partition coefficient (Wildman–Crippen LogP) is 6.93. The number of morpholine rings is 1. The lowest BCUT2D eigenvalue weighted by Gasteiger charge is -2.28. The molecule has 3 aromatic carbocycles. The van der Waals surface area contributed by atoms with E-state index in [1.165, 1.54) is 0 Å². The molecule has 1 aliphatic heterocycles. The van der Waals surface area contributed by atoms with Crippen LogP contribution in [0.5, 0.6) is 0 Å². The largest absolute Gasteiger partial charge is 0.618 e. The number of benzene rings is 3. The van der Waals surface area contributed by atoms with E-state index in [9.17, 15) is 19.2 Å². The maximum atomic E-state index is 14.0. The third-order valence-corrected chi connectivity index (χ3v) is 8.25. The first-order chi connectivity index (χ1) is 18.6. The van der Waals surface area contributed by atoms with E-state index >= 15 is 0 Å². The molecule has 0 bridgehead atoms. The molecule has 1 aromatic heterocycles. The number of aromatic nitrogens is 2. The summed E-state index contributed by atoms with van der Waals surface area (Å²) in [5.74, 6) is -1.15. The van der Waals surface area contributed by atoms with E-state index in [0.29, 0.717) is 58.1 Å². The van der Waals surface area contributed by atoms with Gasteiger partial charge in [0.25, 0.3) is 11.9 Å². The average molecular weight is 795 g/mol. The van der Waals surface area contributed by atoms with Crippen molar-refractivity contribution in [3.05, 3.63) is 81.9 Å². The number of nitrogens with zero attached hydrogens (tertiary/aromatic N) is 5. The molecule has 15 heteroatoms. The zero-order chi connectivity index (χ0) is 27.8. The summed E-state index contributed by atoms with van der Waals surface area (Å²) in [7, 11) is 0. The van der Waals surface area contributed by atoms with Crippen molar-refractivity contribution < 1.29 is 27.6 Å². The van der Waals surface area contributed by atoms with Gasteiger partial charge in [-0.15, -0.1) is 0 Å². The SMILES string of the molecule is [O-]/[N+](=C\C(c1cc(N2CCOCC2)c2nonc2c1)=[N+](\[O-])c1c(Br)cc(F)cc1Br)c1c(Br)cc(F)cc1Br. The van der Waals surface area contributed by atoms with Crippen molar-refractivity contribution in [3.63, 3.8) is 0 Å². The summed E-state index contributed by atoms with van der Waals surface area (Å²) in [5, 5.41) is 35.4. The number of halogens is 6. The lowest BCUT2D eigenvalue weighted by Crippen LogP contribution is -2.36. The predicted molar refractivity (Wildman–Crippen MR) is 155 cm³/mol. The Bertz CT molecular complexity index is 1610. The van der Waals surface area contributed by atoms with E-state index < -0.39 is 11.6 Å². The summed E-state index contributed by atoms with van der Waals surface area (Å²) >= 11 is 12.9. The zero-order valence-corrected chi connectivity index (χ0v) is 25.9. The molecule has 0 radical (unpaired) electrons. The van der Waals surface area contributed by atoms with Crippen LogP contribution in [0.15, 0.2) is 58.9 Å². The van der Waals surface area contributed by atoms with Crippen LogP contribution in [0.4, 0.5) is 25.8 Å². The van der Waals surface area contributed by atoms with Crippen LogP contribution >= 0.6 is 63.7 Å². The number of ether oxygens (including phenoxy) is 1. The Morgan fingerprint density at radius 2 is 1.41 bits per heavy atom. The van der Waals surface area contributed by atoms with Gasteiger partial charge in [0, 0.05) is 13.1 Å². The Balaban J connectivity index is 1.78. The second-order valence-electron chi connectivity index (χ2n) is 8.30. The van der Waals surface area contributed by atoms with E-state index in [1.807, 2.05) is 4.90 Å². The molecule has 4 aromatic rings. The third kappa shape index (κ3) is 5.73. The first-order valence-corrected chi connectivity index (χ1v) is 14.3. The first-order valence-electron chi connectivity index (χ1n) is 11.2. The van der Waals surface area contributed by atoms with Gasteiger partial charge in [0.2, 0.25) is 11.4 Å². The van der Waals surface area contributed by atoms with Crippen LogP contribution in [0.25, 0.3) is 11.0 Å². The monoisotopic (exact) mass is 791 g/mol. The van der Waals surface area contributed by atoms with Crippen LogP contribution in [-0.4, -0.2) is 58.0 Å². The molecule has 39 heavy (non-hydrogen) atoms. The summed E-state index contributed by atoms with van der Waals surface area (Å²) in [6.45, 7) is 2.10. The first kappa shape index (κ1) is 28.1. The summed E-state index contributed by atoms with van der Waals surface area (Å²) in [4.78, 5) is 2.01. The molecule has 0 aliphatic carbocycles. The normalized spacial score (nSPS) is 15.1.